The third-order valence-electron chi connectivity index (χ3n) is 2.46. The van der Waals surface area contributed by atoms with E-state index in [-0.39, 0.29) is 24.8 Å². The number of rotatable bonds is 6. The smallest absolute Gasteiger partial charge is 0.232 e. The molecule has 0 bridgehead atoms. The molecule has 6 nitrogen and oxygen atoms in total. The molecule has 2 aromatic rings. The summed E-state index contributed by atoms with van der Waals surface area (Å²) in [5.74, 6) is 0.786. The van der Waals surface area contributed by atoms with Gasteiger partial charge in [0.25, 0.3) is 0 Å². The Bertz CT molecular complexity index is 631. The summed E-state index contributed by atoms with van der Waals surface area (Å²) in [6.45, 7) is 2.35. The van der Waals surface area contributed by atoms with Crippen molar-refractivity contribution in [1.82, 2.24) is 15.5 Å². The van der Waals surface area contributed by atoms with Gasteiger partial charge in [-0.25, -0.2) is 4.98 Å². The molecule has 0 aromatic carbocycles. The van der Waals surface area contributed by atoms with E-state index < -0.39 is 0 Å². The highest BCUT2D eigenvalue weighted by molar-refractivity contribution is 6.35. The maximum Gasteiger partial charge on any atom is 0.232 e. The van der Waals surface area contributed by atoms with Crippen molar-refractivity contribution in [3.63, 3.8) is 0 Å². The molecule has 0 saturated carbocycles. The molecule has 0 spiro atoms. The topological polar surface area (TPSA) is 77.2 Å². The highest BCUT2D eigenvalue weighted by Crippen LogP contribution is 2.24. The zero-order chi connectivity index (χ0) is 15.2. The molecule has 8 heteroatoms. The number of carbonyl (C=O) groups excluding carboxylic acids is 1. The van der Waals surface area contributed by atoms with E-state index in [1.165, 1.54) is 12.3 Å². The van der Waals surface area contributed by atoms with Crippen LogP contribution >= 0.6 is 23.2 Å². The normalized spacial score (nSPS) is 10.4. The molecule has 0 aliphatic heterocycles. The summed E-state index contributed by atoms with van der Waals surface area (Å²) in [4.78, 5) is 15.6. The van der Waals surface area contributed by atoms with Gasteiger partial charge in [0.2, 0.25) is 11.8 Å². The Morgan fingerprint density at radius 3 is 2.90 bits per heavy atom. The van der Waals surface area contributed by atoms with Gasteiger partial charge in [-0.3, -0.25) is 4.79 Å². The minimum absolute atomic E-state index is 0.164. The molecular weight excluding hydrogens is 317 g/mol. The summed E-state index contributed by atoms with van der Waals surface area (Å²) in [7, 11) is 0. The van der Waals surface area contributed by atoms with Crippen LogP contribution in [0.5, 0.6) is 5.88 Å². The first-order valence-electron chi connectivity index (χ1n) is 6.17. The van der Waals surface area contributed by atoms with Gasteiger partial charge in [0.05, 0.1) is 23.7 Å². The average molecular weight is 330 g/mol. The van der Waals surface area contributed by atoms with Gasteiger partial charge in [-0.05, 0) is 13.0 Å². The van der Waals surface area contributed by atoms with E-state index in [0.717, 1.165) is 0 Å². The number of carbonyl (C=O) groups is 1. The number of pyridine rings is 1. The van der Waals surface area contributed by atoms with Crippen LogP contribution in [0.1, 0.15) is 11.5 Å². The first-order chi connectivity index (χ1) is 10.0. The predicted molar refractivity (Wildman–Crippen MR) is 77.7 cm³/mol. The largest absolute Gasteiger partial charge is 0.475 e. The van der Waals surface area contributed by atoms with Crippen molar-refractivity contribution in [3.8, 4) is 5.88 Å². The lowest BCUT2D eigenvalue weighted by Gasteiger charge is -2.07. The summed E-state index contributed by atoms with van der Waals surface area (Å²) in [6.07, 6.45) is 1.60. The van der Waals surface area contributed by atoms with Crippen LogP contribution in [0.2, 0.25) is 10.0 Å². The van der Waals surface area contributed by atoms with Gasteiger partial charge < -0.3 is 14.6 Å². The molecule has 112 valence electrons. The van der Waals surface area contributed by atoms with Gasteiger partial charge in [-0.15, -0.1) is 0 Å². The SMILES string of the molecule is Cc1cc(CC(=O)NCCOc2ncc(Cl)cc2Cl)no1. The van der Waals surface area contributed by atoms with Crippen LogP contribution in [0.15, 0.2) is 22.9 Å². The molecule has 0 aliphatic carbocycles. The molecular formula is C13H13Cl2N3O3. The summed E-state index contributed by atoms with van der Waals surface area (Å²) in [5, 5.41) is 7.20. The Labute approximate surface area is 131 Å². The molecule has 0 fully saturated rings. The van der Waals surface area contributed by atoms with E-state index in [2.05, 4.69) is 15.5 Å². The second-order valence-electron chi connectivity index (χ2n) is 4.24. The molecule has 0 saturated heterocycles. The first kappa shape index (κ1) is 15.6. The van der Waals surface area contributed by atoms with Crippen LogP contribution in [0.4, 0.5) is 0 Å². The molecule has 2 rings (SSSR count). The summed E-state index contributed by atoms with van der Waals surface area (Å²) in [5.41, 5.74) is 0.591. The van der Waals surface area contributed by atoms with Gasteiger partial charge in [0.1, 0.15) is 17.4 Å². The van der Waals surface area contributed by atoms with E-state index >= 15 is 0 Å². The number of hydrogen-bond acceptors (Lipinski definition) is 5. The van der Waals surface area contributed by atoms with Gasteiger partial charge in [-0.1, -0.05) is 28.4 Å². The number of aryl methyl sites for hydroxylation is 1. The molecule has 21 heavy (non-hydrogen) atoms. The number of aromatic nitrogens is 2. The van der Waals surface area contributed by atoms with E-state index in [9.17, 15) is 4.79 Å². The Morgan fingerprint density at radius 1 is 1.43 bits per heavy atom. The van der Waals surface area contributed by atoms with Crippen LogP contribution in [0.3, 0.4) is 0 Å². The maximum absolute atomic E-state index is 11.6. The molecule has 1 N–H and O–H groups in total. The molecule has 0 aliphatic rings. The van der Waals surface area contributed by atoms with Gasteiger partial charge >= 0.3 is 0 Å². The summed E-state index contributed by atoms with van der Waals surface area (Å²) < 4.78 is 10.2. The van der Waals surface area contributed by atoms with E-state index in [1.807, 2.05) is 0 Å². The fourth-order valence-corrected chi connectivity index (χ4v) is 2.01. The zero-order valence-electron chi connectivity index (χ0n) is 11.2. The van der Waals surface area contributed by atoms with Crippen LogP contribution in [0, 0.1) is 6.92 Å². The number of ether oxygens (including phenoxy) is 1. The molecule has 0 radical (unpaired) electrons. The van der Waals surface area contributed by atoms with Crippen LogP contribution in [0.25, 0.3) is 0 Å². The highest BCUT2D eigenvalue weighted by Gasteiger charge is 2.08. The van der Waals surface area contributed by atoms with Crippen LogP contribution < -0.4 is 10.1 Å². The minimum Gasteiger partial charge on any atom is -0.475 e. The standard InChI is InChI=1S/C13H13Cl2N3O3/c1-8-4-10(18-21-8)6-12(19)16-2-3-20-13-11(15)5-9(14)7-17-13/h4-5,7H,2-3,6H2,1H3,(H,16,19). The lowest BCUT2D eigenvalue weighted by atomic mass is 10.3. The fourth-order valence-electron chi connectivity index (χ4n) is 1.57. The first-order valence-corrected chi connectivity index (χ1v) is 6.93. The third-order valence-corrected chi connectivity index (χ3v) is 2.93. The average Bonchev–Trinajstić information content (AvgIpc) is 2.82. The van der Waals surface area contributed by atoms with Crippen molar-refractivity contribution in [2.45, 2.75) is 13.3 Å². The second kappa shape index (κ2) is 7.28. The minimum atomic E-state index is -0.165. The fraction of sp³-hybridized carbons (Fsp3) is 0.308. The van der Waals surface area contributed by atoms with Crippen LogP contribution in [-0.4, -0.2) is 29.2 Å². The number of hydrogen-bond donors (Lipinski definition) is 1. The molecule has 0 unspecified atom stereocenters. The highest BCUT2D eigenvalue weighted by atomic mass is 35.5. The van der Waals surface area contributed by atoms with Gasteiger partial charge in [0, 0.05) is 12.3 Å². The Morgan fingerprint density at radius 2 is 2.24 bits per heavy atom. The van der Waals surface area contributed by atoms with Gasteiger partial charge in [-0.2, -0.15) is 0 Å². The van der Waals surface area contributed by atoms with Crippen molar-refractivity contribution in [3.05, 3.63) is 39.8 Å². The molecule has 0 atom stereocenters. The monoisotopic (exact) mass is 329 g/mol. The number of halogens is 2. The number of nitrogens with one attached hydrogen (secondary N) is 1. The van der Waals surface area contributed by atoms with E-state index in [1.54, 1.807) is 13.0 Å². The van der Waals surface area contributed by atoms with Crippen molar-refractivity contribution in [1.29, 1.82) is 0 Å². The molecule has 1 amide bonds. The van der Waals surface area contributed by atoms with Crippen molar-refractivity contribution in [2.75, 3.05) is 13.2 Å². The molecule has 2 aromatic heterocycles. The Balaban J connectivity index is 1.70. The zero-order valence-corrected chi connectivity index (χ0v) is 12.7. The van der Waals surface area contributed by atoms with E-state index in [4.69, 9.17) is 32.5 Å². The van der Waals surface area contributed by atoms with Crippen molar-refractivity contribution < 1.29 is 14.1 Å². The van der Waals surface area contributed by atoms with Gasteiger partial charge in [0.15, 0.2) is 0 Å². The Hall–Kier alpha value is -1.79. The third kappa shape index (κ3) is 4.91. The quantitative estimate of drug-likeness (QED) is 0.823. The number of amides is 1. The van der Waals surface area contributed by atoms with Crippen molar-refractivity contribution in [2.24, 2.45) is 0 Å². The lowest BCUT2D eigenvalue weighted by Crippen LogP contribution is -2.29. The lowest BCUT2D eigenvalue weighted by molar-refractivity contribution is -0.120. The Kier molecular flexibility index (Phi) is 5.41. The predicted octanol–water partition coefficient (Wildman–Crippen LogP) is 2.42. The van der Waals surface area contributed by atoms with Crippen molar-refractivity contribution >= 4 is 29.1 Å². The number of nitrogens with zero attached hydrogens (tertiary/aromatic N) is 2. The van der Waals surface area contributed by atoms with E-state index in [0.29, 0.717) is 28.0 Å². The molecule has 2 heterocycles. The summed E-state index contributed by atoms with van der Waals surface area (Å²) in [6, 6.07) is 3.25. The summed E-state index contributed by atoms with van der Waals surface area (Å²) >= 11 is 11.6. The second-order valence-corrected chi connectivity index (χ2v) is 5.09. The maximum atomic E-state index is 11.6. The van der Waals surface area contributed by atoms with Crippen LogP contribution in [-0.2, 0) is 11.2 Å².